The molecule has 0 amide bonds. The summed E-state index contributed by atoms with van der Waals surface area (Å²) in [6, 6.07) is 3.31. The molecule has 2 rings (SSSR count). The van der Waals surface area contributed by atoms with Crippen molar-refractivity contribution in [2.24, 2.45) is 0 Å². The lowest BCUT2D eigenvalue weighted by molar-refractivity contribution is -0.143. The van der Waals surface area contributed by atoms with E-state index in [2.05, 4.69) is 0 Å². The number of hydrogen-bond acceptors (Lipinski definition) is 3. The van der Waals surface area contributed by atoms with Crippen molar-refractivity contribution in [3.8, 4) is 0 Å². The highest BCUT2D eigenvalue weighted by atomic mass is 32.2. The average Bonchev–Trinajstić information content (AvgIpc) is 2.39. The molecule has 3 nitrogen and oxygen atoms in total. The first-order chi connectivity index (χ1) is 7.67. The standard InChI is InChI=1S/C10H9F3O3S/c1-17(15,16)6-4-2-3-5-7(6)9(14)10(12,13)8(5)11/h2-4,8-9,14H,1H3/t8-,9+/m1/s1. The third-order valence-electron chi connectivity index (χ3n) is 2.75. The van der Waals surface area contributed by atoms with Crippen LogP contribution in [0.4, 0.5) is 13.2 Å². The van der Waals surface area contributed by atoms with Crippen LogP contribution in [-0.2, 0) is 9.84 Å². The summed E-state index contributed by atoms with van der Waals surface area (Å²) in [5.41, 5.74) is -1.00. The van der Waals surface area contributed by atoms with Crippen LogP contribution >= 0.6 is 0 Å². The summed E-state index contributed by atoms with van der Waals surface area (Å²) < 4.78 is 62.7. The van der Waals surface area contributed by atoms with E-state index in [1.54, 1.807) is 0 Å². The van der Waals surface area contributed by atoms with Gasteiger partial charge in [-0.3, -0.25) is 0 Å². The number of fused-ring (bicyclic) bond motifs is 1. The Morgan fingerprint density at radius 2 is 1.94 bits per heavy atom. The molecule has 1 aliphatic carbocycles. The normalized spacial score (nSPS) is 26.9. The molecule has 0 heterocycles. The van der Waals surface area contributed by atoms with Gasteiger partial charge in [0.2, 0.25) is 0 Å². The number of benzene rings is 1. The van der Waals surface area contributed by atoms with E-state index in [0.29, 0.717) is 0 Å². The van der Waals surface area contributed by atoms with E-state index >= 15 is 0 Å². The maximum Gasteiger partial charge on any atom is 0.312 e. The van der Waals surface area contributed by atoms with Crippen LogP contribution < -0.4 is 0 Å². The Morgan fingerprint density at radius 3 is 2.47 bits per heavy atom. The highest BCUT2D eigenvalue weighted by Crippen LogP contribution is 2.53. The molecule has 0 saturated heterocycles. The van der Waals surface area contributed by atoms with Crippen molar-refractivity contribution in [3.63, 3.8) is 0 Å². The number of aliphatic hydroxyl groups is 1. The quantitative estimate of drug-likeness (QED) is 0.843. The summed E-state index contributed by atoms with van der Waals surface area (Å²) >= 11 is 0. The monoisotopic (exact) mass is 266 g/mol. The topological polar surface area (TPSA) is 54.4 Å². The number of sulfone groups is 1. The molecule has 0 fully saturated rings. The molecule has 0 saturated carbocycles. The largest absolute Gasteiger partial charge is 0.382 e. The molecular formula is C10H9F3O3S. The van der Waals surface area contributed by atoms with Crippen molar-refractivity contribution in [2.45, 2.75) is 23.1 Å². The summed E-state index contributed by atoms with van der Waals surface area (Å²) in [5.74, 6) is -4.00. The second kappa shape index (κ2) is 3.46. The van der Waals surface area contributed by atoms with Crippen molar-refractivity contribution in [1.82, 2.24) is 0 Å². The molecule has 0 aromatic heterocycles. The Morgan fingerprint density at radius 1 is 1.35 bits per heavy atom. The molecule has 1 aromatic carbocycles. The van der Waals surface area contributed by atoms with E-state index in [0.717, 1.165) is 18.4 Å². The molecule has 0 radical (unpaired) electrons. The number of hydrogen-bond donors (Lipinski definition) is 1. The van der Waals surface area contributed by atoms with Crippen molar-refractivity contribution >= 4 is 9.84 Å². The van der Waals surface area contributed by atoms with Crippen LogP contribution in [0.5, 0.6) is 0 Å². The van der Waals surface area contributed by atoms with Gasteiger partial charge < -0.3 is 5.11 Å². The molecule has 0 spiro atoms. The van der Waals surface area contributed by atoms with Gasteiger partial charge in [-0.1, -0.05) is 12.1 Å². The molecular weight excluding hydrogens is 257 g/mol. The van der Waals surface area contributed by atoms with E-state index in [4.69, 9.17) is 0 Å². The summed E-state index contributed by atoms with van der Waals surface area (Å²) in [6.45, 7) is 0. The molecule has 0 aliphatic heterocycles. The summed E-state index contributed by atoms with van der Waals surface area (Å²) in [7, 11) is -3.79. The Labute approximate surface area is 95.8 Å². The summed E-state index contributed by atoms with van der Waals surface area (Å²) in [4.78, 5) is -0.456. The predicted molar refractivity (Wildman–Crippen MR) is 53.3 cm³/mol. The van der Waals surface area contributed by atoms with E-state index in [1.165, 1.54) is 6.07 Å². The lowest BCUT2D eigenvalue weighted by Gasteiger charge is -2.16. The zero-order chi connectivity index (χ0) is 13.0. The number of halogens is 3. The van der Waals surface area contributed by atoms with Crippen LogP contribution in [-0.4, -0.2) is 25.7 Å². The zero-order valence-corrected chi connectivity index (χ0v) is 9.51. The SMILES string of the molecule is CS(=O)(=O)c1cccc2c1[C@H](O)C(F)(F)[C@@H]2F. The maximum atomic E-state index is 13.4. The average molecular weight is 266 g/mol. The second-order valence-electron chi connectivity index (χ2n) is 3.97. The summed E-state index contributed by atoms with van der Waals surface area (Å²) in [5, 5.41) is 9.37. The van der Waals surface area contributed by atoms with Gasteiger partial charge in [-0.2, -0.15) is 8.78 Å². The molecule has 7 heteroatoms. The van der Waals surface area contributed by atoms with Gasteiger partial charge in [-0.25, -0.2) is 12.8 Å². The van der Waals surface area contributed by atoms with Crippen LogP contribution in [0.25, 0.3) is 0 Å². The van der Waals surface area contributed by atoms with Gasteiger partial charge in [0.1, 0.15) is 6.10 Å². The van der Waals surface area contributed by atoms with Crippen LogP contribution in [0.3, 0.4) is 0 Å². The van der Waals surface area contributed by atoms with Crippen LogP contribution in [0.15, 0.2) is 23.1 Å². The minimum absolute atomic E-state index is 0.456. The van der Waals surface area contributed by atoms with Crippen LogP contribution in [0, 0.1) is 0 Å². The van der Waals surface area contributed by atoms with Gasteiger partial charge in [-0.05, 0) is 11.6 Å². The highest BCUT2D eigenvalue weighted by Gasteiger charge is 2.57. The van der Waals surface area contributed by atoms with Crippen molar-refractivity contribution in [2.75, 3.05) is 6.26 Å². The summed E-state index contributed by atoms with van der Waals surface area (Å²) in [6.07, 6.45) is -4.30. The lowest BCUT2D eigenvalue weighted by atomic mass is 10.1. The van der Waals surface area contributed by atoms with Gasteiger partial charge in [0, 0.05) is 11.8 Å². The fraction of sp³-hybridized carbons (Fsp3) is 0.400. The fourth-order valence-corrected chi connectivity index (χ4v) is 2.89. The maximum absolute atomic E-state index is 13.4. The van der Waals surface area contributed by atoms with Gasteiger partial charge in [0.15, 0.2) is 16.0 Å². The highest BCUT2D eigenvalue weighted by molar-refractivity contribution is 7.90. The van der Waals surface area contributed by atoms with Gasteiger partial charge in [-0.15, -0.1) is 0 Å². The van der Waals surface area contributed by atoms with Gasteiger partial charge in [0.25, 0.3) is 0 Å². The number of aliphatic hydroxyl groups excluding tert-OH is 1. The zero-order valence-electron chi connectivity index (χ0n) is 8.69. The Balaban J connectivity index is 2.76. The lowest BCUT2D eigenvalue weighted by Crippen LogP contribution is -2.24. The third kappa shape index (κ3) is 1.64. The second-order valence-corrected chi connectivity index (χ2v) is 5.95. The van der Waals surface area contributed by atoms with Gasteiger partial charge in [0.05, 0.1) is 4.90 Å². The minimum atomic E-state index is -4.00. The van der Waals surface area contributed by atoms with E-state index < -0.39 is 44.1 Å². The molecule has 0 bridgehead atoms. The molecule has 2 atom stereocenters. The van der Waals surface area contributed by atoms with E-state index in [9.17, 15) is 26.7 Å². The smallest absolute Gasteiger partial charge is 0.312 e. The molecule has 1 aliphatic rings. The molecule has 94 valence electrons. The molecule has 0 unspecified atom stereocenters. The first-order valence-electron chi connectivity index (χ1n) is 4.70. The Hall–Kier alpha value is -1.08. The van der Waals surface area contributed by atoms with Crippen LogP contribution in [0.2, 0.25) is 0 Å². The Bertz CT molecular complexity index is 568. The van der Waals surface area contributed by atoms with Crippen molar-refractivity contribution < 1.29 is 26.7 Å². The third-order valence-corrected chi connectivity index (χ3v) is 3.90. The molecule has 1 aromatic rings. The van der Waals surface area contributed by atoms with E-state index in [-0.39, 0.29) is 0 Å². The first kappa shape index (κ1) is 12.4. The first-order valence-corrected chi connectivity index (χ1v) is 6.59. The minimum Gasteiger partial charge on any atom is -0.382 e. The number of rotatable bonds is 1. The molecule has 17 heavy (non-hydrogen) atoms. The van der Waals surface area contributed by atoms with Crippen LogP contribution in [0.1, 0.15) is 23.4 Å². The predicted octanol–water partition coefficient (Wildman–Crippen LogP) is 1.78. The number of alkyl halides is 3. The van der Waals surface area contributed by atoms with Gasteiger partial charge >= 0.3 is 5.92 Å². The van der Waals surface area contributed by atoms with E-state index in [1.807, 2.05) is 0 Å². The molecule has 1 N–H and O–H groups in total. The Kier molecular flexibility index (Phi) is 2.52. The fourth-order valence-electron chi connectivity index (χ4n) is 1.94. The van der Waals surface area contributed by atoms with Crippen molar-refractivity contribution in [1.29, 1.82) is 0 Å². The van der Waals surface area contributed by atoms with Crippen molar-refractivity contribution in [3.05, 3.63) is 29.3 Å².